The Morgan fingerprint density at radius 1 is 1.07 bits per heavy atom. The topological polar surface area (TPSA) is 141 Å². The molecule has 3 N–H and O–H groups in total. The summed E-state index contributed by atoms with van der Waals surface area (Å²) in [7, 11) is 5.33. The minimum absolute atomic E-state index is 0.0155. The second-order valence-electron chi connectivity index (χ2n) is 11.9. The lowest BCUT2D eigenvalue weighted by Gasteiger charge is -2.35. The van der Waals surface area contributed by atoms with Gasteiger partial charge in [0.2, 0.25) is 5.91 Å². The molecule has 2 aromatic carbocycles. The monoisotopic (exact) mass is 595 g/mol. The van der Waals surface area contributed by atoms with E-state index in [9.17, 15) is 14.9 Å². The summed E-state index contributed by atoms with van der Waals surface area (Å²) in [5, 5.41) is 31.8. The van der Waals surface area contributed by atoms with E-state index in [1.807, 2.05) is 39.2 Å². The van der Waals surface area contributed by atoms with Crippen molar-refractivity contribution in [2.45, 2.75) is 57.0 Å². The molecule has 1 saturated heterocycles. The number of hydrogen-bond acceptors (Lipinski definition) is 8. The summed E-state index contributed by atoms with van der Waals surface area (Å²) in [4.78, 5) is 27.7. The molecule has 0 saturated carbocycles. The maximum absolute atomic E-state index is 13.3. The van der Waals surface area contributed by atoms with Crippen LogP contribution in [0.3, 0.4) is 0 Å². The second-order valence-corrected chi connectivity index (χ2v) is 11.9. The van der Waals surface area contributed by atoms with Crippen molar-refractivity contribution in [3.05, 3.63) is 82.2 Å². The number of aromatic nitrogens is 4. The summed E-state index contributed by atoms with van der Waals surface area (Å²) in [5.74, 6) is 0.733. The Balaban J connectivity index is 1.57. The fourth-order valence-corrected chi connectivity index (χ4v) is 6.98. The van der Waals surface area contributed by atoms with Crippen LogP contribution in [-0.2, 0) is 30.1 Å². The number of amides is 2. The SMILES string of the molecule is C=C(NC)c1ccc2c(c1)CCc1cc(C(=O)NC)ccc1C2(CCNCC(=O)N1C(C)[C@@H](C)C[C@H]1C#N)c1nnnn1C. The van der Waals surface area contributed by atoms with Crippen LogP contribution >= 0.6 is 0 Å². The van der Waals surface area contributed by atoms with Gasteiger partial charge < -0.3 is 20.9 Å². The molecular formula is C33H41N9O2. The number of tetrazole rings is 1. The molecule has 1 aliphatic heterocycles. The second kappa shape index (κ2) is 12.6. The molecule has 2 unspecified atom stereocenters. The van der Waals surface area contributed by atoms with Crippen LogP contribution in [0.4, 0.5) is 0 Å². The van der Waals surface area contributed by atoms with Crippen LogP contribution in [0.1, 0.15) is 70.7 Å². The highest BCUT2D eigenvalue weighted by atomic mass is 16.2. The van der Waals surface area contributed by atoms with Gasteiger partial charge in [-0.2, -0.15) is 5.26 Å². The lowest BCUT2D eigenvalue weighted by molar-refractivity contribution is -0.132. The van der Waals surface area contributed by atoms with Gasteiger partial charge in [-0.3, -0.25) is 9.59 Å². The lowest BCUT2D eigenvalue weighted by Crippen LogP contribution is -2.45. The van der Waals surface area contributed by atoms with Crippen LogP contribution < -0.4 is 16.0 Å². The summed E-state index contributed by atoms with van der Waals surface area (Å²) in [5.41, 5.74) is 5.94. The van der Waals surface area contributed by atoms with Gasteiger partial charge in [-0.15, -0.1) is 5.10 Å². The molecule has 11 nitrogen and oxygen atoms in total. The first-order valence-corrected chi connectivity index (χ1v) is 15.2. The van der Waals surface area contributed by atoms with E-state index < -0.39 is 11.5 Å². The predicted molar refractivity (Wildman–Crippen MR) is 167 cm³/mol. The van der Waals surface area contributed by atoms with Gasteiger partial charge in [0.05, 0.1) is 18.0 Å². The number of carbonyl (C=O) groups excluding carboxylic acids is 2. The van der Waals surface area contributed by atoms with Crippen molar-refractivity contribution in [2.75, 3.05) is 27.2 Å². The normalized spacial score (nSPS) is 22.4. The Hall–Kier alpha value is -4.56. The van der Waals surface area contributed by atoms with Gasteiger partial charge >= 0.3 is 0 Å². The van der Waals surface area contributed by atoms with Crippen molar-refractivity contribution < 1.29 is 9.59 Å². The minimum Gasteiger partial charge on any atom is -0.388 e. The van der Waals surface area contributed by atoms with Crippen molar-refractivity contribution in [1.82, 2.24) is 41.1 Å². The van der Waals surface area contributed by atoms with Gasteiger partial charge in [0.25, 0.3) is 5.91 Å². The molecule has 1 aromatic heterocycles. The third-order valence-electron chi connectivity index (χ3n) is 9.52. The Bertz CT molecular complexity index is 1550. The number of fused-ring (bicyclic) bond motifs is 2. The van der Waals surface area contributed by atoms with E-state index >= 15 is 0 Å². The first-order valence-electron chi connectivity index (χ1n) is 15.2. The number of nitrogens with one attached hydrogen (secondary N) is 3. The van der Waals surface area contributed by atoms with Gasteiger partial charge in [0.15, 0.2) is 5.82 Å². The molecule has 44 heavy (non-hydrogen) atoms. The summed E-state index contributed by atoms with van der Waals surface area (Å²) < 4.78 is 1.71. The fraction of sp³-hybridized carbons (Fsp3) is 0.455. The van der Waals surface area contributed by atoms with Crippen LogP contribution in [0.25, 0.3) is 5.70 Å². The van der Waals surface area contributed by atoms with Crippen molar-refractivity contribution in [3.8, 4) is 6.07 Å². The fourth-order valence-electron chi connectivity index (χ4n) is 6.98. The van der Waals surface area contributed by atoms with Crippen molar-refractivity contribution in [1.29, 1.82) is 5.26 Å². The van der Waals surface area contributed by atoms with Gasteiger partial charge in [0, 0.05) is 38.4 Å². The summed E-state index contributed by atoms with van der Waals surface area (Å²) in [6.45, 7) is 8.87. The maximum atomic E-state index is 13.3. The number of hydrogen-bond donors (Lipinski definition) is 3. The van der Waals surface area contributed by atoms with Gasteiger partial charge in [-0.1, -0.05) is 31.7 Å². The molecule has 2 amide bonds. The predicted octanol–water partition coefficient (Wildman–Crippen LogP) is 2.32. The summed E-state index contributed by atoms with van der Waals surface area (Å²) in [6.07, 6.45) is 2.72. The van der Waals surface area contributed by atoms with Crippen LogP contribution in [0.2, 0.25) is 0 Å². The quantitative estimate of drug-likeness (QED) is 0.320. The van der Waals surface area contributed by atoms with Crippen LogP contribution in [0.15, 0.2) is 43.0 Å². The van der Waals surface area contributed by atoms with Gasteiger partial charge in [0.1, 0.15) is 6.04 Å². The molecule has 0 bridgehead atoms. The average molecular weight is 596 g/mol. The highest BCUT2D eigenvalue weighted by Crippen LogP contribution is 2.46. The molecule has 2 heterocycles. The maximum Gasteiger partial charge on any atom is 0.251 e. The number of aryl methyl sites for hydroxylation is 3. The number of nitrogens with zero attached hydrogens (tertiary/aromatic N) is 6. The highest BCUT2D eigenvalue weighted by Gasteiger charge is 2.45. The Kier molecular flexibility index (Phi) is 8.83. The van der Waals surface area contributed by atoms with E-state index in [-0.39, 0.29) is 30.3 Å². The first-order chi connectivity index (χ1) is 21.2. The summed E-state index contributed by atoms with van der Waals surface area (Å²) in [6, 6.07) is 14.2. The highest BCUT2D eigenvalue weighted by molar-refractivity contribution is 5.94. The lowest BCUT2D eigenvalue weighted by atomic mass is 9.69. The number of rotatable bonds is 9. The molecule has 11 heteroatoms. The molecule has 1 aliphatic carbocycles. The number of benzene rings is 2. The van der Waals surface area contributed by atoms with Crippen molar-refractivity contribution in [3.63, 3.8) is 0 Å². The van der Waals surface area contributed by atoms with Crippen molar-refractivity contribution in [2.24, 2.45) is 13.0 Å². The van der Waals surface area contributed by atoms with E-state index in [2.05, 4.69) is 69.2 Å². The number of nitriles is 1. The van der Waals surface area contributed by atoms with E-state index in [4.69, 9.17) is 0 Å². The molecule has 5 rings (SSSR count). The zero-order chi connectivity index (χ0) is 31.6. The molecular weight excluding hydrogens is 554 g/mol. The Morgan fingerprint density at radius 3 is 2.32 bits per heavy atom. The van der Waals surface area contributed by atoms with E-state index in [1.165, 1.54) is 0 Å². The first kappa shape index (κ1) is 30.9. The van der Waals surface area contributed by atoms with Gasteiger partial charge in [-0.05, 0) is 102 Å². The number of carbonyl (C=O) groups is 2. The van der Waals surface area contributed by atoms with Gasteiger partial charge in [-0.25, -0.2) is 4.68 Å². The molecule has 3 aromatic rings. The average Bonchev–Trinajstić information content (AvgIpc) is 3.56. The summed E-state index contributed by atoms with van der Waals surface area (Å²) >= 11 is 0. The minimum atomic E-state index is -0.777. The van der Waals surface area contributed by atoms with E-state index in [1.54, 1.807) is 16.6 Å². The third kappa shape index (κ3) is 5.35. The smallest absolute Gasteiger partial charge is 0.251 e. The third-order valence-corrected chi connectivity index (χ3v) is 9.52. The zero-order valence-corrected chi connectivity index (χ0v) is 26.1. The van der Waals surface area contributed by atoms with Crippen LogP contribution in [0.5, 0.6) is 0 Å². The molecule has 2 aliphatic rings. The van der Waals surface area contributed by atoms with Crippen molar-refractivity contribution >= 4 is 17.5 Å². The molecule has 0 radical (unpaired) electrons. The van der Waals surface area contributed by atoms with Crippen LogP contribution in [0, 0.1) is 17.2 Å². The van der Waals surface area contributed by atoms with E-state index in [0.717, 1.165) is 46.4 Å². The largest absolute Gasteiger partial charge is 0.388 e. The molecule has 0 spiro atoms. The zero-order valence-electron chi connectivity index (χ0n) is 26.1. The Labute approximate surface area is 258 Å². The van der Waals surface area contributed by atoms with E-state index in [0.29, 0.717) is 30.8 Å². The molecule has 4 atom stereocenters. The number of likely N-dealkylation sites (tertiary alicyclic amines) is 1. The molecule has 230 valence electrons. The standard InChI is InChI=1S/C33H41N9O2/c1-20-15-27(18-34)42(22(20)3)30(43)19-37-14-13-33(32-38-39-40-41(32)6)28-11-9-23(21(2)35-4)16-24(28)7-8-25-17-26(31(44)36-5)10-12-29(25)33/h9-12,16-17,20,22,27,35,37H,2,7-8,13-15,19H2,1,3-6H3,(H,36,44)/t20-,22?,27-,33?/m0/s1. The Morgan fingerprint density at radius 2 is 1.73 bits per heavy atom. The van der Waals surface area contributed by atoms with Crippen LogP contribution in [-0.4, -0.2) is 76.2 Å². The molecule has 1 fully saturated rings.